The highest BCUT2D eigenvalue weighted by Crippen LogP contribution is 2.32. The molecular weight excluding hydrogens is 425 g/mol. The van der Waals surface area contributed by atoms with Gasteiger partial charge < -0.3 is 25.0 Å². The van der Waals surface area contributed by atoms with Gasteiger partial charge in [0, 0.05) is 49.3 Å². The minimum absolute atomic E-state index is 0.0683. The van der Waals surface area contributed by atoms with E-state index in [1.54, 1.807) is 48.4 Å². The number of halogens is 2. The minimum Gasteiger partial charge on any atom is -0.497 e. The summed E-state index contributed by atoms with van der Waals surface area (Å²) in [6.45, 7) is 1.01. The Hall–Kier alpha value is -2.84. The van der Waals surface area contributed by atoms with Crippen LogP contribution < -0.4 is 15.4 Å². The first-order valence-corrected chi connectivity index (χ1v) is 10.2. The molecule has 0 bridgehead atoms. The lowest BCUT2D eigenvalue weighted by Gasteiger charge is -2.39. The molecule has 166 valence electrons. The Morgan fingerprint density at radius 2 is 1.97 bits per heavy atom. The maximum absolute atomic E-state index is 14.8. The lowest BCUT2D eigenvalue weighted by Crippen LogP contribution is -2.55. The van der Waals surface area contributed by atoms with Gasteiger partial charge in [-0.2, -0.15) is 0 Å². The van der Waals surface area contributed by atoms with Gasteiger partial charge in [-0.3, -0.25) is 4.79 Å². The Bertz CT molecular complexity index is 925. The molecule has 0 saturated carbocycles. The quantitative estimate of drug-likeness (QED) is 0.676. The van der Waals surface area contributed by atoms with Crippen molar-refractivity contribution in [3.05, 3.63) is 58.9 Å². The lowest BCUT2D eigenvalue weighted by molar-refractivity contribution is -0.135. The lowest BCUT2D eigenvalue weighted by atomic mass is 9.84. The molecule has 2 aromatic rings. The van der Waals surface area contributed by atoms with Crippen molar-refractivity contribution < 1.29 is 23.5 Å². The van der Waals surface area contributed by atoms with Crippen molar-refractivity contribution in [3.8, 4) is 5.75 Å². The van der Waals surface area contributed by atoms with Crippen molar-refractivity contribution in [3.63, 3.8) is 0 Å². The number of methoxy groups -OCH3 is 2. The largest absolute Gasteiger partial charge is 0.497 e. The summed E-state index contributed by atoms with van der Waals surface area (Å²) >= 11 is 5.88. The molecule has 7 nitrogen and oxygen atoms in total. The van der Waals surface area contributed by atoms with E-state index in [4.69, 9.17) is 21.1 Å². The number of carbonyl (C=O) groups is 2. The second-order valence-electron chi connectivity index (χ2n) is 7.24. The number of benzene rings is 2. The van der Waals surface area contributed by atoms with Crippen molar-refractivity contribution in [1.82, 2.24) is 10.2 Å². The molecule has 1 fully saturated rings. The molecule has 1 saturated heterocycles. The number of nitrogens with zero attached hydrogens (tertiary/aromatic N) is 1. The van der Waals surface area contributed by atoms with Crippen LogP contribution in [0.5, 0.6) is 5.75 Å². The zero-order valence-electron chi connectivity index (χ0n) is 17.4. The predicted molar refractivity (Wildman–Crippen MR) is 116 cm³/mol. The van der Waals surface area contributed by atoms with Gasteiger partial charge in [0.05, 0.1) is 19.8 Å². The van der Waals surface area contributed by atoms with E-state index in [1.807, 2.05) is 0 Å². The number of hydrogen-bond acceptors (Lipinski definition) is 4. The number of piperidine rings is 1. The van der Waals surface area contributed by atoms with Crippen LogP contribution in [0, 0.1) is 5.82 Å². The normalized spacial score (nSPS) is 18.6. The van der Waals surface area contributed by atoms with Crippen molar-refractivity contribution in [1.29, 1.82) is 0 Å². The van der Waals surface area contributed by atoms with Gasteiger partial charge >= 0.3 is 6.03 Å². The average molecular weight is 450 g/mol. The fourth-order valence-electron chi connectivity index (χ4n) is 3.62. The predicted octanol–water partition coefficient (Wildman–Crippen LogP) is 3.64. The molecule has 3 amide bonds. The zero-order valence-corrected chi connectivity index (χ0v) is 18.1. The third-order valence-corrected chi connectivity index (χ3v) is 5.49. The highest BCUT2D eigenvalue weighted by molar-refractivity contribution is 6.30. The fourth-order valence-corrected chi connectivity index (χ4v) is 3.75. The molecule has 0 radical (unpaired) electrons. The van der Waals surface area contributed by atoms with Gasteiger partial charge in [0.2, 0.25) is 5.91 Å². The van der Waals surface area contributed by atoms with Gasteiger partial charge in [0.15, 0.2) is 0 Å². The van der Waals surface area contributed by atoms with E-state index in [2.05, 4.69) is 10.6 Å². The van der Waals surface area contributed by atoms with Gasteiger partial charge in [-0.15, -0.1) is 0 Å². The van der Waals surface area contributed by atoms with Crippen molar-refractivity contribution in [2.45, 2.75) is 18.4 Å². The van der Waals surface area contributed by atoms with E-state index in [-0.39, 0.29) is 18.9 Å². The number of rotatable bonds is 7. The third kappa shape index (κ3) is 5.86. The molecule has 31 heavy (non-hydrogen) atoms. The number of nitrogens with one attached hydrogen (secondary N) is 2. The maximum atomic E-state index is 14.8. The Balaban J connectivity index is 1.80. The Morgan fingerprint density at radius 3 is 2.61 bits per heavy atom. The SMILES string of the molecule is COCCN1CC(NC(=O)Nc2ccc(Cl)cc2)C(c2ccc(OC)cc2F)CC1=O. The number of likely N-dealkylation sites (tertiary alicyclic amines) is 1. The van der Waals surface area contributed by atoms with Gasteiger partial charge in [-0.1, -0.05) is 17.7 Å². The van der Waals surface area contributed by atoms with E-state index < -0.39 is 23.8 Å². The van der Waals surface area contributed by atoms with Crippen molar-refractivity contribution in [2.24, 2.45) is 0 Å². The summed E-state index contributed by atoms with van der Waals surface area (Å²) in [6.07, 6.45) is 0.0683. The zero-order chi connectivity index (χ0) is 22.4. The van der Waals surface area contributed by atoms with Gasteiger partial charge in [-0.25, -0.2) is 9.18 Å². The molecule has 2 N–H and O–H groups in total. The summed E-state index contributed by atoms with van der Waals surface area (Å²) in [4.78, 5) is 26.9. The van der Waals surface area contributed by atoms with Crippen LogP contribution in [-0.4, -0.2) is 56.8 Å². The summed E-state index contributed by atoms with van der Waals surface area (Å²) in [7, 11) is 3.01. The monoisotopic (exact) mass is 449 g/mol. The number of hydrogen-bond donors (Lipinski definition) is 2. The molecule has 2 unspecified atom stereocenters. The van der Waals surface area contributed by atoms with Crippen molar-refractivity contribution >= 4 is 29.2 Å². The van der Waals surface area contributed by atoms with E-state index in [1.165, 1.54) is 13.2 Å². The minimum atomic E-state index is -0.520. The van der Waals surface area contributed by atoms with E-state index >= 15 is 0 Å². The summed E-state index contributed by atoms with van der Waals surface area (Å²) in [5.74, 6) is -0.732. The topological polar surface area (TPSA) is 79.9 Å². The van der Waals surface area contributed by atoms with Crippen LogP contribution in [0.15, 0.2) is 42.5 Å². The number of carbonyl (C=O) groups excluding carboxylic acids is 2. The van der Waals surface area contributed by atoms with Crippen LogP contribution in [0.3, 0.4) is 0 Å². The second-order valence-corrected chi connectivity index (χ2v) is 7.68. The maximum Gasteiger partial charge on any atom is 0.319 e. The fraction of sp³-hybridized carbons (Fsp3) is 0.364. The Kier molecular flexibility index (Phi) is 7.70. The van der Waals surface area contributed by atoms with Gasteiger partial charge in [0.1, 0.15) is 11.6 Å². The summed E-state index contributed by atoms with van der Waals surface area (Å²) in [6, 6.07) is 10.3. The summed E-state index contributed by atoms with van der Waals surface area (Å²) in [5.41, 5.74) is 0.925. The number of urea groups is 1. The van der Waals surface area contributed by atoms with Crippen LogP contribution >= 0.6 is 11.6 Å². The second kappa shape index (κ2) is 10.5. The molecule has 1 heterocycles. The highest BCUT2D eigenvalue weighted by atomic mass is 35.5. The third-order valence-electron chi connectivity index (χ3n) is 5.24. The van der Waals surface area contributed by atoms with Crippen LogP contribution in [0.1, 0.15) is 17.9 Å². The molecule has 0 aliphatic carbocycles. The number of anilines is 1. The van der Waals surface area contributed by atoms with E-state index in [9.17, 15) is 14.0 Å². The molecule has 2 aromatic carbocycles. The molecule has 0 aromatic heterocycles. The molecule has 2 atom stereocenters. The molecule has 0 spiro atoms. The highest BCUT2D eigenvalue weighted by Gasteiger charge is 2.37. The number of amides is 3. The standard InChI is InChI=1S/C22H25ClFN3O4/c1-30-10-9-27-13-20(26-22(29)25-15-5-3-14(23)4-6-15)18(12-21(27)28)17-8-7-16(31-2)11-19(17)24/h3-8,11,18,20H,9-10,12-13H2,1-2H3,(H2,25,26,29). The van der Waals surface area contributed by atoms with Crippen LogP contribution in [0.2, 0.25) is 5.02 Å². The van der Waals surface area contributed by atoms with Gasteiger partial charge in [-0.05, 0) is 35.9 Å². The molecule has 1 aliphatic rings. The van der Waals surface area contributed by atoms with Gasteiger partial charge in [0.25, 0.3) is 0 Å². The first kappa shape index (κ1) is 22.8. The first-order valence-electron chi connectivity index (χ1n) is 9.84. The van der Waals surface area contributed by atoms with Crippen molar-refractivity contribution in [2.75, 3.05) is 39.2 Å². The van der Waals surface area contributed by atoms with E-state index in [0.717, 1.165) is 0 Å². The average Bonchev–Trinajstić information content (AvgIpc) is 2.75. The van der Waals surface area contributed by atoms with Crippen LogP contribution in [-0.2, 0) is 9.53 Å². The molecule has 1 aliphatic heterocycles. The summed E-state index contributed by atoms with van der Waals surface area (Å²) in [5, 5.41) is 6.19. The Labute approximate surface area is 185 Å². The summed E-state index contributed by atoms with van der Waals surface area (Å²) < 4.78 is 24.9. The number of ether oxygens (including phenoxy) is 2. The van der Waals surface area contributed by atoms with E-state index in [0.29, 0.717) is 35.2 Å². The molecule has 9 heteroatoms. The first-order chi connectivity index (χ1) is 14.9. The molecule has 3 rings (SSSR count). The van der Waals surface area contributed by atoms with Crippen LogP contribution in [0.4, 0.5) is 14.9 Å². The smallest absolute Gasteiger partial charge is 0.319 e. The molecular formula is C22H25ClFN3O4. The van der Waals surface area contributed by atoms with Crippen LogP contribution in [0.25, 0.3) is 0 Å². The Morgan fingerprint density at radius 1 is 1.23 bits per heavy atom.